The summed E-state index contributed by atoms with van der Waals surface area (Å²) in [6, 6.07) is 30.7. The SMILES string of the molecule is CCN(CC)c1ccc([S+](c2ccccc2)c2ccccc2)cc1. The van der Waals surface area contributed by atoms with Gasteiger partial charge in [0.1, 0.15) is 0 Å². The van der Waals surface area contributed by atoms with E-state index in [0.717, 1.165) is 13.1 Å². The largest absolute Gasteiger partial charge is 0.372 e. The summed E-state index contributed by atoms with van der Waals surface area (Å²) in [6.45, 7) is 6.49. The van der Waals surface area contributed by atoms with Crippen LogP contribution in [-0.2, 0) is 10.9 Å². The summed E-state index contributed by atoms with van der Waals surface area (Å²) < 4.78 is 0. The Labute approximate surface area is 148 Å². The van der Waals surface area contributed by atoms with Crippen LogP contribution in [0, 0.1) is 0 Å². The van der Waals surface area contributed by atoms with Crippen molar-refractivity contribution in [3.8, 4) is 0 Å². The highest BCUT2D eigenvalue weighted by Crippen LogP contribution is 2.32. The zero-order valence-electron chi connectivity index (χ0n) is 14.4. The van der Waals surface area contributed by atoms with Gasteiger partial charge in [0.2, 0.25) is 0 Å². The molecule has 1 nitrogen and oxygen atoms in total. The van der Waals surface area contributed by atoms with Crippen LogP contribution in [0.15, 0.2) is 99.6 Å². The Kier molecular flexibility index (Phi) is 5.60. The maximum Gasteiger partial charge on any atom is 0.166 e. The summed E-state index contributed by atoms with van der Waals surface area (Å²) in [5, 5.41) is 0. The van der Waals surface area contributed by atoms with Crippen molar-refractivity contribution in [3.63, 3.8) is 0 Å². The second kappa shape index (κ2) is 8.07. The number of rotatable bonds is 6. The van der Waals surface area contributed by atoms with Crippen molar-refractivity contribution >= 4 is 16.6 Å². The summed E-state index contributed by atoms with van der Waals surface area (Å²) in [5.74, 6) is 0. The number of nitrogens with zero attached hydrogens (tertiary/aromatic N) is 1. The highest BCUT2D eigenvalue weighted by atomic mass is 32.2. The molecular weight excluding hydrogens is 310 g/mol. The maximum atomic E-state index is 2.38. The van der Waals surface area contributed by atoms with Crippen LogP contribution < -0.4 is 4.90 Å². The monoisotopic (exact) mass is 334 g/mol. The molecule has 0 aliphatic rings. The number of hydrogen-bond acceptors (Lipinski definition) is 1. The molecule has 3 rings (SSSR count). The molecule has 0 aromatic heterocycles. The molecule has 0 aliphatic heterocycles. The van der Waals surface area contributed by atoms with Crippen LogP contribution in [0.3, 0.4) is 0 Å². The molecule has 0 fully saturated rings. The molecular formula is C22H24NS+. The van der Waals surface area contributed by atoms with Crippen LogP contribution in [0.2, 0.25) is 0 Å². The Hall–Kier alpha value is -2.19. The Morgan fingerprint density at radius 2 is 1.00 bits per heavy atom. The Balaban J connectivity index is 2.00. The molecule has 0 heterocycles. The Morgan fingerprint density at radius 3 is 1.42 bits per heavy atom. The molecule has 3 aromatic rings. The van der Waals surface area contributed by atoms with E-state index in [2.05, 4.69) is 104 Å². The van der Waals surface area contributed by atoms with Crippen molar-refractivity contribution in [1.29, 1.82) is 0 Å². The van der Waals surface area contributed by atoms with Crippen LogP contribution in [0.5, 0.6) is 0 Å². The van der Waals surface area contributed by atoms with E-state index < -0.39 is 0 Å². The van der Waals surface area contributed by atoms with Crippen LogP contribution >= 0.6 is 0 Å². The van der Waals surface area contributed by atoms with Gasteiger partial charge in [-0.25, -0.2) is 0 Å². The second-order valence-electron chi connectivity index (χ2n) is 5.60. The van der Waals surface area contributed by atoms with E-state index in [0.29, 0.717) is 0 Å². The summed E-state index contributed by atoms with van der Waals surface area (Å²) in [6.07, 6.45) is 0. The number of hydrogen-bond donors (Lipinski definition) is 0. The minimum absolute atomic E-state index is 0.0585. The Bertz CT molecular complexity index is 694. The molecule has 0 spiro atoms. The molecule has 24 heavy (non-hydrogen) atoms. The fourth-order valence-electron chi connectivity index (χ4n) is 2.90. The first-order valence-corrected chi connectivity index (χ1v) is 9.75. The zero-order chi connectivity index (χ0) is 16.8. The van der Waals surface area contributed by atoms with E-state index in [1.54, 1.807) is 0 Å². The summed E-state index contributed by atoms with van der Waals surface area (Å²) >= 11 is 0. The lowest BCUT2D eigenvalue weighted by molar-refractivity contribution is 0.865. The molecule has 0 aliphatic carbocycles. The van der Waals surface area contributed by atoms with Crippen LogP contribution in [-0.4, -0.2) is 13.1 Å². The third-order valence-corrected chi connectivity index (χ3v) is 6.39. The van der Waals surface area contributed by atoms with E-state index in [9.17, 15) is 0 Å². The third kappa shape index (κ3) is 3.65. The standard InChI is InChI=1S/C22H24NS/c1-3-23(4-2)19-15-17-22(18-16-19)24(20-11-7-5-8-12-20)21-13-9-6-10-14-21/h5-18H,3-4H2,1-2H3/q+1. The predicted octanol–water partition coefficient (Wildman–Crippen LogP) is 5.63. The summed E-state index contributed by atoms with van der Waals surface area (Å²) in [4.78, 5) is 6.47. The highest BCUT2D eigenvalue weighted by molar-refractivity contribution is 7.97. The molecule has 2 heteroatoms. The molecule has 3 aromatic carbocycles. The quantitative estimate of drug-likeness (QED) is 0.528. The molecule has 0 N–H and O–H groups in total. The van der Waals surface area contributed by atoms with Crippen molar-refractivity contribution in [2.45, 2.75) is 28.5 Å². The van der Waals surface area contributed by atoms with Gasteiger partial charge in [-0.15, -0.1) is 0 Å². The van der Waals surface area contributed by atoms with Crippen molar-refractivity contribution in [2.24, 2.45) is 0 Å². The van der Waals surface area contributed by atoms with Crippen molar-refractivity contribution in [3.05, 3.63) is 84.9 Å². The number of anilines is 1. The lowest BCUT2D eigenvalue weighted by Gasteiger charge is -2.21. The summed E-state index contributed by atoms with van der Waals surface area (Å²) in [5.41, 5.74) is 1.30. The molecule has 0 unspecified atom stereocenters. The molecule has 0 saturated carbocycles. The predicted molar refractivity (Wildman–Crippen MR) is 105 cm³/mol. The maximum absolute atomic E-state index is 2.38. The average molecular weight is 335 g/mol. The zero-order valence-corrected chi connectivity index (χ0v) is 15.2. The fourth-order valence-corrected chi connectivity index (χ4v) is 4.99. The molecule has 0 saturated heterocycles. The van der Waals surface area contributed by atoms with Gasteiger partial charge in [0, 0.05) is 18.8 Å². The van der Waals surface area contributed by atoms with Crippen LogP contribution in [0.1, 0.15) is 13.8 Å². The van der Waals surface area contributed by atoms with E-state index in [1.165, 1.54) is 20.4 Å². The van der Waals surface area contributed by atoms with Gasteiger partial charge in [-0.05, 0) is 62.4 Å². The fraction of sp³-hybridized carbons (Fsp3) is 0.182. The second-order valence-corrected chi connectivity index (χ2v) is 7.63. The first kappa shape index (κ1) is 16.7. The minimum atomic E-state index is -0.0585. The van der Waals surface area contributed by atoms with Crippen molar-refractivity contribution < 1.29 is 0 Å². The van der Waals surface area contributed by atoms with Crippen molar-refractivity contribution in [2.75, 3.05) is 18.0 Å². The van der Waals surface area contributed by atoms with Crippen LogP contribution in [0.25, 0.3) is 0 Å². The Morgan fingerprint density at radius 1 is 0.583 bits per heavy atom. The van der Waals surface area contributed by atoms with Gasteiger partial charge in [-0.2, -0.15) is 0 Å². The van der Waals surface area contributed by atoms with E-state index in [-0.39, 0.29) is 10.9 Å². The van der Waals surface area contributed by atoms with Gasteiger partial charge in [-0.1, -0.05) is 36.4 Å². The molecule has 122 valence electrons. The van der Waals surface area contributed by atoms with Gasteiger partial charge in [0.05, 0.1) is 10.9 Å². The third-order valence-electron chi connectivity index (χ3n) is 4.16. The molecule has 0 atom stereocenters. The van der Waals surface area contributed by atoms with Gasteiger partial charge < -0.3 is 4.90 Å². The van der Waals surface area contributed by atoms with Gasteiger partial charge >= 0.3 is 0 Å². The van der Waals surface area contributed by atoms with Crippen molar-refractivity contribution in [1.82, 2.24) is 0 Å². The van der Waals surface area contributed by atoms with Gasteiger partial charge in [0.15, 0.2) is 14.7 Å². The minimum Gasteiger partial charge on any atom is -0.372 e. The van der Waals surface area contributed by atoms with Gasteiger partial charge in [-0.3, -0.25) is 0 Å². The van der Waals surface area contributed by atoms with E-state index in [4.69, 9.17) is 0 Å². The van der Waals surface area contributed by atoms with E-state index in [1.807, 2.05) is 0 Å². The molecule has 0 amide bonds. The lowest BCUT2D eigenvalue weighted by Crippen LogP contribution is -2.21. The van der Waals surface area contributed by atoms with Crippen LogP contribution in [0.4, 0.5) is 5.69 Å². The molecule has 0 radical (unpaired) electrons. The average Bonchev–Trinajstić information content (AvgIpc) is 2.66. The number of benzene rings is 3. The van der Waals surface area contributed by atoms with Gasteiger partial charge in [0.25, 0.3) is 0 Å². The topological polar surface area (TPSA) is 3.24 Å². The lowest BCUT2D eigenvalue weighted by atomic mass is 10.3. The highest BCUT2D eigenvalue weighted by Gasteiger charge is 2.28. The smallest absolute Gasteiger partial charge is 0.166 e. The van der Waals surface area contributed by atoms with E-state index >= 15 is 0 Å². The first-order chi connectivity index (χ1) is 11.8. The molecule has 0 bridgehead atoms. The summed E-state index contributed by atoms with van der Waals surface area (Å²) in [7, 11) is -0.0585. The first-order valence-electron chi connectivity index (χ1n) is 8.53. The normalized spacial score (nSPS) is 10.8.